The summed E-state index contributed by atoms with van der Waals surface area (Å²) >= 11 is 1.18. The van der Waals surface area contributed by atoms with Gasteiger partial charge in [0.2, 0.25) is 5.91 Å². The van der Waals surface area contributed by atoms with Gasteiger partial charge in [0.1, 0.15) is 9.88 Å². The number of hydrogen-bond donors (Lipinski definition) is 5. The lowest BCUT2D eigenvalue weighted by Crippen LogP contribution is -2.38. The molecule has 5 rings (SSSR count). The van der Waals surface area contributed by atoms with Crippen LogP contribution in [0.4, 0.5) is 17.2 Å². The molecule has 3 amide bonds. The first-order chi connectivity index (χ1) is 20.5. The number of amides is 3. The lowest BCUT2D eigenvalue weighted by molar-refractivity contribution is -0.117. The van der Waals surface area contributed by atoms with Crippen LogP contribution >= 0.6 is 11.3 Å². The third-order valence-electron chi connectivity index (χ3n) is 6.80. The first kappa shape index (κ1) is 23.8. The molecule has 2 aliphatic rings. The van der Waals surface area contributed by atoms with Crippen LogP contribution in [-0.2, 0) is 4.79 Å². The molecule has 0 spiro atoms. The van der Waals surface area contributed by atoms with Crippen molar-refractivity contribution in [2.45, 2.75) is 50.7 Å². The maximum atomic E-state index is 12.9. The molecule has 2 aromatic heterocycles. The van der Waals surface area contributed by atoms with Gasteiger partial charge in [-0.1, -0.05) is 6.07 Å². The molecule has 3 aromatic rings. The van der Waals surface area contributed by atoms with Crippen LogP contribution in [0.1, 0.15) is 62.8 Å². The number of ether oxygens (including phenoxy) is 1. The van der Waals surface area contributed by atoms with Crippen LogP contribution in [-0.4, -0.2) is 64.2 Å². The highest BCUT2D eigenvalue weighted by Crippen LogP contribution is 2.40. The Kier molecular flexibility index (Phi) is 7.11. The summed E-state index contributed by atoms with van der Waals surface area (Å²) in [5.74, 6) is -1.13. The Morgan fingerprint density at radius 2 is 1.88 bits per heavy atom. The molecule has 5 N–H and O–H groups in total. The van der Waals surface area contributed by atoms with E-state index in [1.807, 2.05) is 5.32 Å². The zero-order valence-corrected chi connectivity index (χ0v) is 22.5. The average molecular weight is 569 g/mol. The fourth-order valence-electron chi connectivity index (χ4n) is 4.50. The van der Waals surface area contributed by atoms with Gasteiger partial charge in [0.05, 0.1) is 36.3 Å². The molecule has 12 nitrogen and oxygen atoms in total. The van der Waals surface area contributed by atoms with Crippen molar-refractivity contribution < 1.29 is 28.3 Å². The Hall–Kier alpha value is -4.10. The number of anilines is 3. The molecular formula is C27H31N7O5S. The number of rotatable bonds is 9. The van der Waals surface area contributed by atoms with Crippen LogP contribution in [0.2, 0.25) is 0 Å². The Bertz CT molecular complexity index is 1520. The summed E-state index contributed by atoms with van der Waals surface area (Å²) in [6, 6.07) is 6.55. The first-order valence-corrected chi connectivity index (χ1v) is 13.7. The number of nitrogens with zero attached hydrogens (tertiary/aromatic N) is 3. The van der Waals surface area contributed by atoms with Gasteiger partial charge in [-0.3, -0.25) is 14.4 Å². The van der Waals surface area contributed by atoms with E-state index < -0.39 is 12.9 Å². The third kappa shape index (κ3) is 6.20. The van der Waals surface area contributed by atoms with Gasteiger partial charge < -0.3 is 31.1 Å². The molecule has 0 unspecified atom stereocenters. The second-order valence-corrected chi connectivity index (χ2v) is 10.8. The van der Waals surface area contributed by atoms with Crippen LogP contribution in [0.15, 0.2) is 30.5 Å². The number of aliphatic hydroxyl groups is 1. The van der Waals surface area contributed by atoms with Crippen molar-refractivity contribution in [3.63, 3.8) is 0 Å². The largest absolute Gasteiger partial charge is 0.494 e. The quantitative estimate of drug-likeness (QED) is 0.260. The van der Waals surface area contributed by atoms with Crippen molar-refractivity contribution in [1.82, 2.24) is 25.8 Å². The van der Waals surface area contributed by atoms with E-state index in [1.165, 1.54) is 30.7 Å². The number of aliphatic hydroxyl groups excluding tert-OH is 1. The van der Waals surface area contributed by atoms with Crippen molar-refractivity contribution in [1.29, 1.82) is 0 Å². The van der Waals surface area contributed by atoms with E-state index in [9.17, 15) is 19.5 Å². The first-order valence-electron chi connectivity index (χ1n) is 14.4. The number of aromatic nitrogens is 3. The highest BCUT2D eigenvalue weighted by molar-refractivity contribution is 7.17. The number of nitrogens with one attached hydrogen (secondary N) is 4. The molecular weight excluding hydrogens is 534 g/mol. The minimum Gasteiger partial charge on any atom is -0.494 e. The van der Waals surface area contributed by atoms with Crippen LogP contribution in [0, 0.1) is 5.92 Å². The highest BCUT2D eigenvalue weighted by Gasteiger charge is 2.30. The number of methoxy groups -OCH3 is 1. The fraction of sp³-hybridized carbons (Fsp3) is 0.407. The summed E-state index contributed by atoms with van der Waals surface area (Å²) in [5, 5.41) is 28.7. The van der Waals surface area contributed by atoms with E-state index in [4.69, 9.17) is 8.85 Å². The molecule has 2 fully saturated rings. The van der Waals surface area contributed by atoms with E-state index in [2.05, 4.69) is 31.1 Å². The SMILES string of the molecule is [2H]C([2H])([2H])NC(=O)c1nnc(NC(=O)C2CC2)cc1Nc1cccc(-c2ncc(C(=O)NC3CCC(O)CC3)s2)c1OC. The van der Waals surface area contributed by atoms with Gasteiger partial charge in [0.15, 0.2) is 17.3 Å². The average Bonchev–Trinajstić information content (AvgIpc) is 3.70. The van der Waals surface area contributed by atoms with Crippen molar-refractivity contribution in [3.8, 4) is 16.3 Å². The highest BCUT2D eigenvalue weighted by atomic mass is 32.1. The lowest BCUT2D eigenvalue weighted by Gasteiger charge is -2.25. The van der Waals surface area contributed by atoms with Crippen molar-refractivity contribution in [2.24, 2.45) is 5.92 Å². The molecule has 2 saturated carbocycles. The van der Waals surface area contributed by atoms with Crippen molar-refractivity contribution in [3.05, 3.63) is 41.0 Å². The fourth-order valence-corrected chi connectivity index (χ4v) is 5.34. The number of carbonyl (C=O) groups is 3. The van der Waals surface area contributed by atoms with Gasteiger partial charge >= 0.3 is 0 Å². The second-order valence-electron chi connectivity index (χ2n) is 9.73. The van der Waals surface area contributed by atoms with E-state index in [1.54, 1.807) is 18.2 Å². The number of hydrogen-bond acceptors (Lipinski definition) is 10. The summed E-state index contributed by atoms with van der Waals surface area (Å²) in [6.45, 7) is -2.76. The van der Waals surface area contributed by atoms with Gasteiger partial charge in [-0.05, 0) is 50.7 Å². The molecule has 0 radical (unpaired) electrons. The van der Waals surface area contributed by atoms with Gasteiger partial charge in [-0.2, -0.15) is 0 Å². The van der Waals surface area contributed by atoms with Crippen molar-refractivity contribution >= 4 is 46.3 Å². The summed E-state index contributed by atoms with van der Waals surface area (Å²) < 4.78 is 27.9. The Labute approximate surface area is 239 Å². The molecule has 0 bridgehead atoms. The standard InChI is InChI=1S/C27H31N7O5S/c1-28-26(38)22-19(12-21(33-34-22)32-24(36)14-6-7-14)31-18-5-3-4-17(23(18)39-2)27-29-13-20(40-27)25(37)30-15-8-10-16(35)11-9-15/h3-5,12-16,35H,6-11H2,1-2H3,(H,28,38)(H,30,37)(H2,31,32,33,36)/i1D3. The molecule has 0 aliphatic heterocycles. The maximum absolute atomic E-state index is 12.9. The van der Waals surface area contributed by atoms with E-state index in [0.717, 1.165) is 12.8 Å². The molecule has 0 atom stereocenters. The molecule has 210 valence electrons. The zero-order valence-electron chi connectivity index (χ0n) is 24.7. The molecule has 13 heteroatoms. The van der Waals surface area contributed by atoms with E-state index in [0.29, 0.717) is 52.6 Å². The maximum Gasteiger partial charge on any atom is 0.273 e. The van der Waals surface area contributed by atoms with Crippen LogP contribution in [0.5, 0.6) is 5.75 Å². The number of thiazole rings is 1. The number of benzene rings is 1. The molecule has 40 heavy (non-hydrogen) atoms. The van der Waals surface area contributed by atoms with Gasteiger partial charge in [0, 0.05) is 29.1 Å². The molecule has 2 aliphatic carbocycles. The molecule has 1 aromatic carbocycles. The van der Waals surface area contributed by atoms with Crippen molar-refractivity contribution in [2.75, 3.05) is 24.7 Å². The third-order valence-corrected chi connectivity index (χ3v) is 7.83. The monoisotopic (exact) mass is 568 g/mol. The minimum atomic E-state index is -2.76. The van der Waals surface area contributed by atoms with Gasteiger partial charge in [-0.25, -0.2) is 4.98 Å². The van der Waals surface area contributed by atoms with Gasteiger partial charge in [0.25, 0.3) is 11.8 Å². The lowest BCUT2D eigenvalue weighted by atomic mass is 9.93. The van der Waals surface area contributed by atoms with Crippen LogP contribution in [0.25, 0.3) is 10.6 Å². The number of para-hydroxylation sites is 1. The predicted octanol–water partition coefficient (Wildman–Crippen LogP) is 3.09. The Morgan fingerprint density at radius 3 is 2.60 bits per heavy atom. The summed E-state index contributed by atoms with van der Waals surface area (Å²) in [5.41, 5.74) is 0.721. The summed E-state index contributed by atoms with van der Waals surface area (Å²) in [7, 11) is 1.46. The topological polar surface area (TPSA) is 167 Å². The normalized spacial score (nSPS) is 19.9. The van der Waals surface area contributed by atoms with Crippen LogP contribution < -0.4 is 26.0 Å². The molecule has 2 heterocycles. The Balaban J connectivity index is 1.41. The number of carbonyl (C=O) groups excluding carboxylic acids is 3. The van der Waals surface area contributed by atoms with Crippen LogP contribution in [0.3, 0.4) is 0 Å². The van der Waals surface area contributed by atoms with Gasteiger partial charge in [-0.15, -0.1) is 21.5 Å². The van der Waals surface area contributed by atoms with E-state index in [-0.39, 0.29) is 47.1 Å². The molecule has 0 saturated heterocycles. The summed E-state index contributed by atoms with van der Waals surface area (Å²) in [6.07, 6.45) is 5.44. The second kappa shape index (κ2) is 12.0. The smallest absolute Gasteiger partial charge is 0.273 e. The zero-order chi connectivity index (χ0) is 30.7. The summed E-state index contributed by atoms with van der Waals surface area (Å²) in [4.78, 5) is 42.9. The predicted molar refractivity (Wildman–Crippen MR) is 150 cm³/mol. The Morgan fingerprint density at radius 1 is 1.07 bits per heavy atom. The van der Waals surface area contributed by atoms with E-state index >= 15 is 0 Å². The minimum absolute atomic E-state index is 0.00635.